The molecule has 0 atom stereocenters. The molecule has 2 spiro atoms. The van der Waals surface area contributed by atoms with Gasteiger partial charge in [-0.25, -0.2) is 9.97 Å². The molecule has 0 N–H and O–H groups in total. The Kier molecular flexibility index (Phi) is 9.38. The maximum atomic E-state index is 5.55. The first-order chi connectivity index (χ1) is 32.7. The minimum Gasteiger partial charge on any atom is -0.243 e. The van der Waals surface area contributed by atoms with Crippen LogP contribution in [0.1, 0.15) is 86.5 Å². The third-order valence-corrected chi connectivity index (χ3v) is 15.9. The number of aromatic nitrogens is 2. The van der Waals surface area contributed by atoms with E-state index in [9.17, 15) is 0 Å². The van der Waals surface area contributed by atoms with Crippen LogP contribution in [0.5, 0.6) is 0 Å². The van der Waals surface area contributed by atoms with Crippen molar-refractivity contribution < 1.29 is 0 Å². The van der Waals surface area contributed by atoms with Gasteiger partial charge in [-0.15, -0.1) is 0 Å². The van der Waals surface area contributed by atoms with Gasteiger partial charge in [-0.05, 0) is 123 Å². The van der Waals surface area contributed by atoms with Crippen molar-refractivity contribution >= 4 is 0 Å². The highest BCUT2D eigenvalue weighted by atomic mass is 14.9. The van der Waals surface area contributed by atoms with Gasteiger partial charge < -0.3 is 0 Å². The summed E-state index contributed by atoms with van der Waals surface area (Å²) >= 11 is 0. The van der Waals surface area contributed by atoms with E-state index in [1.54, 1.807) is 22.3 Å². The van der Waals surface area contributed by atoms with Gasteiger partial charge in [-0.2, -0.15) is 0 Å². The van der Waals surface area contributed by atoms with Gasteiger partial charge in [0.2, 0.25) is 0 Å². The average molecular weight is 849 g/mol. The maximum Gasteiger partial charge on any atom is 0.0973 e. The molecule has 0 radical (unpaired) electrons. The van der Waals surface area contributed by atoms with Gasteiger partial charge in [-0.1, -0.05) is 202 Å². The Labute approximate surface area is 389 Å². The van der Waals surface area contributed by atoms with Crippen molar-refractivity contribution in [3.8, 4) is 89.5 Å². The lowest BCUT2D eigenvalue weighted by atomic mass is 9.66. The van der Waals surface area contributed by atoms with Gasteiger partial charge >= 0.3 is 0 Å². The molecule has 9 aromatic rings. The summed E-state index contributed by atoms with van der Waals surface area (Å²) in [7, 11) is 0. The molecular formula is C64H52N2. The van der Waals surface area contributed by atoms with Crippen molar-refractivity contribution in [3.05, 3.63) is 216 Å². The van der Waals surface area contributed by atoms with E-state index in [4.69, 9.17) is 9.97 Å². The monoisotopic (exact) mass is 848 g/mol. The van der Waals surface area contributed by atoms with Gasteiger partial charge in [0.25, 0.3) is 0 Å². The first kappa shape index (κ1) is 39.2. The third-order valence-electron chi connectivity index (χ3n) is 15.9. The Morgan fingerprint density at radius 2 is 0.606 bits per heavy atom. The van der Waals surface area contributed by atoms with Crippen LogP contribution in [0.2, 0.25) is 0 Å². The Balaban J connectivity index is 0.923. The molecule has 2 heteroatoms. The second-order valence-corrected chi connectivity index (χ2v) is 19.4. The summed E-state index contributed by atoms with van der Waals surface area (Å²) in [5.41, 5.74) is 25.1. The fourth-order valence-corrected chi connectivity index (χ4v) is 12.8. The summed E-state index contributed by atoms with van der Waals surface area (Å²) in [6.07, 6.45) is 12.9. The minimum atomic E-state index is 0.0944. The average Bonchev–Trinajstić information content (AvgIpc) is 3.80. The molecule has 2 saturated carbocycles. The molecule has 0 amide bonds. The molecule has 4 aliphatic carbocycles. The van der Waals surface area contributed by atoms with E-state index in [0.717, 1.165) is 50.6 Å². The van der Waals surface area contributed by atoms with Crippen molar-refractivity contribution in [2.24, 2.45) is 0 Å². The van der Waals surface area contributed by atoms with E-state index >= 15 is 0 Å². The lowest BCUT2D eigenvalue weighted by Crippen LogP contribution is -2.29. The molecule has 0 aliphatic heterocycles. The highest BCUT2D eigenvalue weighted by Gasteiger charge is 2.49. The van der Waals surface area contributed by atoms with Crippen LogP contribution in [-0.4, -0.2) is 9.97 Å². The number of rotatable bonds is 6. The van der Waals surface area contributed by atoms with Crippen molar-refractivity contribution in [1.29, 1.82) is 0 Å². The van der Waals surface area contributed by atoms with Crippen molar-refractivity contribution in [1.82, 2.24) is 9.97 Å². The van der Waals surface area contributed by atoms with Gasteiger partial charge in [-0.3, -0.25) is 0 Å². The summed E-state index contributed by atoms with van der Waals surface area (Å²) in [5.74, 6) is 0. The lowest BCUT2D eigenvalue weighted by molar-refractivity contribution is 0.350. The normalized spacial score (nSPS) is 16.1. The zero-order chi connectivity index (χ0) is 43.7. The number of hydrogen-bond acceptors (Lipinski definition) is 2. The van der Waals surface area contributed by atoms with E-state index in [1.807, 2.05) is 0 Å². The predicted octanol–water partition coefficient (Wildman–Crippen LogP) is 16.9. The van der Waals surface area contributed by atoms with Gasteiger partial charge in [0.05, 0.1) is 22.8 Å². The van der Waals surface area contributed by atoms with Gasteiger partial charge in [0, 0.05) is 33.1 Å². The molecule has 2 nitrogen and oxygen atoms in total. The van der Waals surface area contributed by atoms with E-state index in [0.29, 0.717) is 0 Å². The van der Waals surface area contributed by atoms with Crippen molar-refractivity contribution in [2.45, 2.75) is 75.0 Å². The first-order valence-corrected chi connectivity index (χ1v) is 24.4. The highest BCUT2D eigenvalue weighted by Crippen LogP contribution is 2.62. The molecule has 1 heterocycles. The molecular weight excluding hydrogens is 797 g/mol. The largest absolute Gasteiger partial charge is 0.243 e. The number of hydrogen-bond donors (Lipinski definition) is 0. The molecule has 2 fully saturated rings. The third kappa shape index (κ3) is 6.22. The van der Waals surface area contributed by atoms with Crippen LogP contribution in [0, 0.1) is 0 Å². The van der Waals surface area contributed by atoms with Crippen LogP contribution in [0.4, 0.5) is 0 Å². The second-order valence-electron chi connectivity index (χ2n) is 19.4. The van der Waals surface area contributed by atoms with Gasteiger partial charge in [0.1, 0.15) is 0 Å². The van der Waals surface area contributed by atoms with Crippen molar-refractivity contribution in [3.63, 3.8) is 0 Å². The summed E-state index contributed by atoms with van der Waals surface area (Å²) < 4.78 is 0. The Bertz CT molecular complexity index is 3300. The standard InChI is InChI=1S/C64H52N2/c1-6-20-43(21-7-1)59-60(44-22-8-2-9-23-44)66-62(61(65-59)45-24-10-3-11-25-45)50-29-19-28-48(39-50)46-26-18-27-47(38-46)49-32-33-56-52(40-49)54-42-57-53(41-58(54)64(56)36-16-5-17-37-64)51-30-12-13-31-55(51)63(57)34-14-4-15-35-63/h1-3,6-13,18-33,38-42H,4-5,14-17,34-37H2. The van der Waals surface area contributed by atoms with E-state index < -0.39 is 0 Å². The predicted molar refractivity (Wildman–Crippen MR) is 273 cm³/mol. The van der Waals surface area contributed by atoms with Crippen molar-refractivity contribution in [2.75, 3.05) is 0 Å². The Morgan fingerprint density at radius 3 is 1.12 bits per heavy atom. The fourth-order valence-electron chi connectivity index (χ4n) is 12.8. The second kappa shape index (κ2) is 15.8. The van der Waals surface area contributed by atoms with Gasteiger partial charge in [0.15, 0.2) is 0 Å². The summed E-state index contributed by atoms with van der Waals surface area (Å²) in [4.78, 5) is 11.0. The number of benzene rings is 8. The Morgan fingerprint density at radius 1 is 0.242 bits per heavy atom. The quantitative estimate of drug-likeness (QED) is 0.167. The number of nitrogens with zero attached hydrogens (tertiary/aromatic N) is 2. The SMILES string of the molecule is c1ccc(-c2nc(-c3ccccc3)c(-c3cccc(-c4cccc(-c5ccc6c(c5)-c5cc7c(cc5C65CCCCC5)-c5ccccc5C75CCCCC5)c4)c3)nc2-c2ccccc2)cc1. The molecule has 13 rings (SSSR count). The molecule has 318 valence electrons. The highest BCUT2D eigenvalue weighted by molar-refractivity contribution is 5.92. The van der Waals surface area contributed by atoms with Crippen LogP contribution in [-0.2, 0) is 10.8 Å². The summed E-state index contributed by atoms with van der Waals surface area (Å²) in [6, 6.07) is 71.8. The molecule has 0 saturated heterocycles. The molecule has 66 heavy (non-hydrogen) atoms. The smallest absolute Gasteiger partial charge is 0.0973 e. The minimum absolute atomic E-state index is 0.0944. The zero-order valence-electron chi connectivity index (χ0n) is 37.4. The van der Waals surface area contributed by atoms with E-state index in [2.05, 4.69) is 194 Å². The molecule has 8 aromatic carbocycles. The van der Waals surface area contributed by atoms with Crippen LogP contribution in [0.3, 0.4) is 0 Å². The molecule has 4 aliphatic rings. The fraction of sp³-hybridized carbons (Fsp3) is 0.188. The first-order valence-electron chi connectivity index (χ1n) is 24.4. The van der Waals surface area contributed by atoms with Crippen LogP contribution >= 0.6 is 0 Å². The van der Waals surface area contributed by atoms with Crippen LogP contribution < -0.4 is 0 Å². The van der Waals surface area contributed by atoms with E-state index in [-0.39, 0.29) is 10.8 Å². The topological polar surface area (TPSA) is 25.8 Å². The van der Waals surface area contributed by atoms with Crippen LogP contribution in [0.25, 0.3) is 89.5 Å². The molecule has 0 unspecified atom stereocenters. The summed E-state index contributed by atoms with van der Waals surface area (Å²) in [6.45, 7) is 0. The molecule has 0 bridgehead atoms. The summed E-state index contributed by atoms with van der Waals surface area (Å²) in [5, 5.41) is 0. The van der Waals surface area contributed by atoms with E-state index in [1.165, 1.54) is 103 Å². The Hall–Kier alpha value is -7.16. The lowest BCUT2D eigenvalue weighted by Gasteiger charge is -2.37. The molecule has 1 aromatic heterocycles. The zero-order valence-corrected chi connectivity index (χ0v) is 37.4. The maximum absolute atomic E-state index is 5.55. The number of fused-ring (bicyclic) bond motifs is 10. The van der Waals surface area contributed by atoms with Crippen LogP contribution in [0.15, 0.2) is 194 Å².